The predicted molar refractivity (Wildman–Crippen MR) is 58.8 cm³/mol. The van der Waals surface area contributed by atoms with E-state index in [2.05, 4.69) is 4.98 Å². The van der Waals surface area contributed by atoms with Gasteiger partial charge in [0.2, 0.25) is 0 Å². The Morgan fingerprint density at radius 3 is 2.64 bits per heavy atom. The van der Waals surface area contributed by atoms with Crippen LogP contribution in [0.5, 0.6) is 0 Å². The smallest absolute Gasteiger partial charge is 0.0702 e. The Labute approximate surface area is 83.4 Å². The second-order valence-corrected chi connectivity index (χ2v) is 3.35. The summed E-state index contributed by atoms with van der Waals surface area (Å²) in [4.78, 5) is 4.33. The molecule has 0 saturated carbocycles. The van der Waals surface area contributed by atoms with Crippen LogP contribution in [0.4, 0.5) is 5.69 Å². The maximum absolute atomic E-state index is 5.70. The molecule has 1 aromatic carbocycles. The summed E-state index contributed by atoms with van der Waals surface area (Å²) in [5.41, 5.74) is 9.65. The van der Waals surface area contributed by atoms with E-state index in [1.54, 1.807) is 0 Å². The maximum Gasteiger partial charge on any atom is 0.0702 e. The second-order valence-electron chi connectivity index (χ2n) is 3.35. The third kappa shape index (κ3) is 1.74. The zero-order valence-corrected chi connectivity index (χ0v) is 8.07. The molecule has 2 rings (SSSR count). The summed E-state index contributed by atoms with van der Waals surface area (Å²) in [6.07, 6.45) is 1.86. The molecule has 14 heavy (non-hydrogen) atoms. The third-order valence-corrected chi connectivity index (χ3v) is 2.09. The molecule has 2 nitrogen and oxygen atoms in total. The van der Waals surface area contributed by atoms with E-state index >= 15 is 0 Å². The fourth-order valence-corrected chi connectivity index (χ4v) is 1.34. The number of hydrogen-bond donors (Lipinski definition) is 1. The average Bonchev–Trinajstić information content (AvgIpc) is 2.19. The van der Waals surface area contributed by atoms with Gasteiger partial charge in [-0.25, -0.2) is 0 Å². The SMILES string of the molecule is Cc1ccc(-c2cccc(N)c2)nc1. The molecule has 2 N–H and O–H groups in total. The highest BCUT2D eigenvalue weighted by Gasteiger charge is 1.97. The predicted octanol–water partition coefficient (Wildman–Crippen LogP) is 2.64. The summed E-state index contributed by atoms with van der Waals surface area (Å²) in [5, 5.41) is 0. The van der Waals surface area contributed by atoms with Crippen LogP contribution in [0.15, 0.2) is 42.6 Å². The van der Waals surface area contributed by atoms with E-state index < -0.39 is 0 Å². The molecule has 70 valence electrons. The van der Waals surface area contributed by atoms with E-state index in [4.69, 9.17) is 5.73 Å². The van der Waals surface area contributed by atoms with Gasteiger partial charge in [-0.05, 0) is 30.7 Å². The van der Waals surface area contributed by atoms with E-state index in [-0.39, 0.29) is 0 Å². The molecule has 2 heteroatoms. The van der Waals surface area contributed by atoms with Crippen molar-refractivity contribution in [3.63, 3.8) is 0 Å². The molecule has 0 saturated heterocycles. The molecule has 0 unspecified atom stereocenters. The first kappa shape index (κ1) is 8.75. The van der Waals surface area contributed by atoms with Crippen molar-refractivity contribution in [3.05, 3.63) is 48.2 Å². The van der Waals surface area contributed by atoms with Gasteiger partial charge in [-0.3, -0.25) is 4.98 Å². The second kappa shape index (κ2) is 3.50. The first-order valence-corrected chi connectivity index (χ1v) is 4.54. The quantitative estimate of drug-likeness (QED) is 0.692. The largest absolute Gasteiger partial charge is 0.399 e. The Balaban J connectivity index is 2.44. The van der Waals surface area contributed by atoms with Crippen molar-refractivity contribution in [2.45, 2.75) is 6.92 Å². The van der Waals surface area contributed by atoms with Crippen LogP contribution in [0.25, 0.3) is 11.3 Å². The summed E-state index contributed by atoms with van der Waals surface area (Å²) in [6.45, 7) is 2.02. The Bertz CT molecular complexity index is 432. The number of nitrogens with zero attached hydrogens (tertiary/aromatic N) is 1. The van der Waals surface area contributed by atoms with Gasteiger partial charge in [0.15, 0.2) is 0 Å². The van der Waals surface area contributed by atoms with Crippen LogP contribution in [0.1, 0.15) is 5.56 Å². The molecule has 0 radical (unpaired) electrons. The van der Waals surface area contributed by atoms with Gasteiger partial charge in [-0.2, -0.15) is 0 Å². The van der Waals surface area contributed by atoms with Crippen molar-refractivity contribution < 1.29 is 0 Å². The lowest BCUT2D eigenvalue weighted by molar-refractivity contribution is 1.27. The van der Waals surface area contributed by atoms with Crippen LogP contribution < -0.4 is 5.73 Å². The Morgan fingerprint density at radius 2 is 2.00 bits per heavy atom. The number of nitrogen functional groups attached to an aromatic ring is 1. The summed E-state index contributed by atoms with van der Waals surface area (Å²) in [6, 6.07) is 11.8. The van der Waals surface area contributed by atoms with Gasteiger partial charge >= 0.3 is 0 Å². The number of aryl methyl sites for hydroxylation is 1. The number of pyridine rings is 1. The summed E-state index contributed by atoms with van der Waals surface area (Å²) in [7, 11) is 0. The first-order valence-electron chi connectivity index (χ1n) is 4.54. The lowest BCUT2D eigenvalue weighted by Gasteiger charge is -2.01. The molecule has 0 aliphatic carbocycles. The molecule has 0 bridgehead atoms. The zero-order valence-electron chi connectivity index (χ0n) is 8.07. The van der Waals surface area contributed by atoms with Crippen molar-refractivity contribution >= 4 is 5.69 Å². The van der Waals surface area contributed by atoms with Gasteiger partial charge in [0, 0.05) is 17.4 Å². The minimum absolute atomic E-state index is 0.768. The first-order chi connectivity index (χ1) is 6.75. The molecule has 0 atom stereocenters. The summed E-state index contributed by atoms with van der Waals surface area (Å²) in [5.74, 6) is 0. The van der Waals surface area contributed by atoms with Gasteiger partial charge in [0.25, 0.3) is 0 Å². The number of benzene rings is 1. The summed E-state index contributed by atoms with van der Waals surface area (Å²) >= 11 is 0. The van der Waals surface area contributed by atoms with Crippen LogP contribution >= 0.6 is 0 Å². The van der Waals surface area contributed by atoms with Crippen molar-refractivity contribution in [2.24, 2.45) is 0 Å². The van der Waals surface area contributed by atoms with Crippen LogP contribution in [0.3, 0.4) is 0 Å². The normalized spacial score (nSPS) is 10.1. The Hall–Kier alpha value is -1.83. The van der Waals surface area contributed by atoms with E-state index in [1.165, 1.54) is 0 Å². The molecule has 1 aromatic heterocycles. The van der Waals surface area contributed by atoms with Crippen molar-refractivity contribution in [1.82, 2.24) is 4.98 Å². The molecule has 0 aliphatic rings. The van der Waals surface area contributed by atoms with Crippen molar-refractivity contribution in [2.75, 3.05) is 5.73 Å². The number of aromatic nitrogens is 1. The number of hydrogen-bond acceptors (Lipinski definition) is 2. The standard InChI is InChI=1S/C12H12N2/c1-9-5-6-12(14-8-9)10-3-2-4-11(13)7-10/h2-8H,13H2,1H3. The van der Waals surface area contributed by atoms with Crippen molar-refractivity contribution in [3.8, 4) is 11.3 Å². The number of anilines is 1. The van der Waals surface area contributed by atoms with Gasteiger partial charge < -0.3 is 5.73 Å². The van der Waals surface area contributed by atoms with E-state index in [0.717, 1.165) is 22.5 Å². The molecule has 0 amide bonds. The van der Waals surface area contributed by atoms with Gasteiger partial charge in [0.05, 0.1) is 5.69 Å². The van der Waals surface area contributed by atoms with Gasteiger partial charge in [-0.15, -0.1) is 0 Å². The molecule has 1 heterocycles. The van der Waals surface area contributed by atoms with E-state index in [1.807, 2.05) is 49.5 Å². The molecule has 0 aliphatic heterocycles. The highest BCUT2D eigenvalue weighted by atomic mass is 14.7. The van der Waals surface area contributed by atoms with Crippen LogP contribution in [0.2, 0.25) is 0 Å². The highest BCUT2D eigenvalue weighted by molar-refractivity contribution is 5.63. The molecule has 2 aromatic rings. The fourth-order valence-electron chi connectivity index (χ4n) is 1.34. The number of rotatable bonds is 1. The topological polar surface area (TPSA) is 38.9 Å². The third-order valence-electron chi connectivity index (χ3n) is 2.09. The van der Waals surface area contributed by atoms with Gasteiger partial charge in [-0.1, -0.05) is 18.2 Å². The van der Waals surface area contributed by atoms with E-state index in [0.29, 0.717) is 0 Å². The highest BCUT2D eigenvalue weighted by Crippen LogP contribution is 2.18. The summed E-state index contributed by atoms with van der Waals surface area (Å²) < 4.78 is 0. The molecular formula is C12H12N2. The molecule has 0 spiro atoms. The monoisotopic (exact) mass is 184 g/mol. The van der Waals surface area contributed by atoms with Crippen LogP contribution in [0, 0.1) is 6.92 Å². The van der Waals surface area contributed by atoms with Crippen LogP contribution in [-0.4, -0.2) is 4.98 Å². The lowest BCUT2D eigenvalue weighted by atomic mass is 10.1. The minimum Gasteiger partial charge on any atom is -0.399 e. The Kier molecular flexibility index (Phi) is 2.19. The Morgan fingerprint density at radius 1 is 1.14 bits per heavy atom. The molecule has 0 fully saturated rings. The van der Waals surface area contributed by atoms with Crippen molar-refractivity contribution in [1.29, 1.82) is 0 Å². The van der Waals surface area contributed by atoms with Gasteiger partial charge in [0.1, 0.15) is 0 Å². The maximum atomic E-state index is 5.70. The molecular weight excluding hydrogens is 172 g/mol. The van der Waals surface area contributed by atoms with Crippen LogP contribution in [-0.2, 0) is 0 Å². The minimum atomic E-state index is 0.768. The van der Waals surface area contributed by atoms with E-state index in [9.17, 15) is 0 Å². The fraction of sp³-hybridized carbons (Fsp3) is 0.0833. The zero-order chi connectivity index (χ0) is 9.97. The average molecular weight is 184 g/mol. The number of nitrogens with two attached hydrogens (primary N) is 1. The lowest BCUT2D eigenvalue weighted by Crippen LogP contribution is -1.87.